The summed E-state index contributed by atoms with van der Waals surface area (Å²) >= 11 is 0. The molecule has 2 heterocycles. The number of allylic oxidation sites excluding steroid dienone is 1. The van der Waals surface area contributed by atoms with E-state index in [0.29, 0.717) is 25.3 Å². The van der Waals surface area contributed by atoms with E-state index < -0.39 is 4.92 Å². The molecule has 142 valence electrons. The molecule has 0 amide bonds. The van der Waals surface area contributed by atoms with Crippen molar-refractivity contribution in [2.45, 2.75) is 32.5 Å². The van der Waals surface area contributed by atoms with Crippen molar-refractivity contribution in [3.63, 3.8) is 0 Å². The van der Waals surface area contributed by atoms with E-state index in [2.05, 4.69) is 16.5 Å². The lowest BCUT2D eigenvalue weighted by Gasteiger charge is -2.35. The van der Waals surface area contributed by atoms with E-state index in [1.54, 1.807) is 18.2 Å². The van der Waals surface area contributed by atoms with Crippen LogP contribution in [0, 0.1) is 10.1 Å². The van der Waals surface area contributed by atoms with Crippen LogP contribution < -0.4 is 9.64 Å². The molecule has 1 aliphatic heterocycles. The van der Waals surface area contributed by atoms with Gasteiger partial charge in [0.1, 0.15) is 12.1 Å². The molecule has 8 heteroatoms. The second kappa shape index (κ2) is 8.13. The van der Waals surface area contributed by atoms with Crippen LogP contribution in [0.25, 0.3) is 0 Å². The van der Waals surface area contributed by atoms with E-state index in [9.17, 15) is 10.1 Å². The number of nitro groups is 1. The molecule has 2 unspecified atom stereocenters. The standard InChI is InChI=1S/C19H22N4O4/c1-4-7-15-8-5-6-9-16(15)27-19-17(23(24)25)18(20-12-21-19)22-10-13(2)26-14(3)11-22/h4-6,8-9,12-14H,1,7,10-11H2,2-3H3. The minimum Gasteiger partial charge on any atom is -0.433 e. The molecule has 0 bridgehead atoms. The molecule has 0 saturated carbocycles. The number of para-hydroxylation sites is 1. The first kappa shape index (κ1) is 18.8. The number of nitrogens with zero attached hydrogens (tertiary/aromatic N) is 4. The molecular weight excluding hydrogens is 348 g/mol. The summed E-state index contributed by atoms with van der Waals surface area (Å²) in [7, 11) is 0. The van der Waals surface area contributed by atoms with Crippen molar-refractivity contribution in [2.75, 3.05) is 18.0 Å². The van der Waals surface area contributed by atoms with E-state index in [1.807, 2.05) is 30.9 Å². The molecule has 1 aromatic heterocycles. The second-order valence-corrected chi connectivity index (χ2v) is 6.47. The summed E-state index contributed by atoms with van der Waals surface area (Å²) in [5.41, 5.74) is 0.628. The smallest absolute Gasteiger partial charge is 0.373 e. The molecule has 2 aromatic rings. The van der Waals surface area contributed by atoms with Gasteiger partial charge in [-0.2, -0.15) is 4.98 Å². The Hall–Kier alpha value is -3.00. The maximum absolute atomic E-state index is 11.8. The molecular formula is C19H22N4O4. The van der Waals surface area contributed by atoms with Gasteiger partial charge in [0.15, 0.2) is 0 Å². The molecule has 1 fully saturated rings. The number of aromatic nitrogens is 2. The fourth-order valence-corrected chi connectivity index (χ4v) is 3.20. The minimum atomic E-state index is -0.494. The Balaban J connectivity index is 2.00. The number of benzene rings is 1. The first-order valence-corrected chi connectivity index (χ1v) is 8.76. The molecule has 0 N–H and O–H groups in total. The first-order valence-electron chi connectivity index (χ1n) is 8.76. The molecule has 2 atom stereocenters. The lowest BCUT2D eigenvalue weighted by Crippen LogP contribution is -2.46. The quantitative estimate of drug-likeness (QED) is 0.436. The molecule has 1 aromatic carbocycles. The molecule has 1 aliphatic rings. The van der Waals surface area contributed by atoms with Crippen molar-refractivity contribution in [3.05, 3.63) is 58.9 Å². The van der Waals surface area contributed by atoms with E-state index in [4.69, 9.17) is 9.47 Å². The first-order chi connectivity index (χ1) is 13.0. The molecule has 0 radical (unpaired) electrons. The van der Waals surface area contributed by atoms with Gasteiger partial charge in [-0.05, 0) is 31.9 Å². The second-order valence-electron chi connectivity index (χ2n) is 6.47. The monoisotopic (exact) mass is 370 g/mol. The van der Waals surface area contributed by atoms with Gasteiger partial charge in [-0.15, -0.1) is 6.58 Å². The number of hydrogen-bond acceptors (Lipinski definition) is 7. The summed E-state index contributed by atoms with van der Waals surface area (Å²) in [5.74, 6) is 0.676. The number of rotatable bonds is 6. The average Bonchev–Trinajstić information content (AvgIpc) is 2.62. The molecule has 1 saturated heterocycles. The Kier molecular flexibility index (Phi) is 5.66. The van der Waals surface area contributed by atoms with Crippen LogP contribution in [0.2, 0.25) is 0 Å². The van der Waals surface area contributed by atoms with Gasteiger partial charge in [-0.1, -0.05) is 24.3 Å². The number of hydrogen-bond donors (Lipinski definition) is 0. The van der Waals surface area contributed by atoms with E-state index >= 15 is 0 Å². The Morgan fingerprint density at radius 1 is 1.33 bits per heavy atom. The van der Waals surface area contributed by atoms with Crippen LogP contribution >= 0.6 is 0 Å². The van der Waals surface area contributed by atoms with Crippen LogP contribution in [0.4, 0.5) is 11.5 Å². The van der Waals surface area contributed by atoms with Gasteiger partial charge in [-0.25, -0.2) is 4.98 Å². The molecule has 27 heavy (non-hydrogen) atoms. The highest BCUT2D eigenvalue weighted by atomic mass is 16.6. The third-order valence-electron chi connectivity index (χ3n) is 4.21. The van der Waals surface area contributed by atoms with Gasteiger partial charge in [0.05, 0.1) is 17.1 Å². The van der Waals surface area contributed by atoms with Gasteiger partial charge in [-0.3, -0.25) is 10.1 Å². The Bertz CT molecular complexity index is 832. The summed E-state index contributed by atoms with van der Waals surface area (Å²) < 4.78 is 11.6. The van der Waals surface area contributed by atoms with Gasteiger partial charge < -0.3 is 14.4 Å². The fraction of sp³-hybridized carbons (Fsp3) is 0.368. The summed E-state index contributed by atoms with van der Waals surface area (Å²) in [6, 6.07) is 7.32. The van der Waals surface area contributed by atoms with E-state index in [0.717, 1.165) is 5.56 Å². The Morgan fingerprint density at radius 3 is 2.70 bits per heavy atom. The van der Waals surface area contributed by atoms with Crippen molar-refractivity contribution in [2.24, 2.45) is 0 Å². The highest BCUT2D eigenvalue weighted by Crippen LogP contribution is 2.37. The van der Waals surface area contributed by atoms with Crippen molar-refractivity contribution in [3.8, 4) is 11.6 Å². The van der Waals surface area contributed by atoms with Crippen molar-refractivity contribution in [1.82, 2.24) is 9.97 Å². The summed E-state index contributed by atoms with van der Waals surface area (Å²) in [6.07, 6.45) is 3.51. The molecule has 8 nitrogen and oxygen atoms in total. The maximum atomic E-state index is 11.8. The number of ether oxygens (including phenoxy) is 2. The van der Waals surface area contributed by atoms with Crippen molar-refractivity contribution in [1.29, 1.82) is 0 Å². The predicted octanol–water partition coefficient (Wildman–Crippen LogP) is 3.52. The number of anilines is 1. The third kappa shape index (κ3) is 4.22. The average molecular weight is 370 g/mol. The zero-order valence-corrected chi connectivity index (χ0v) is 15.4. The largest absolute Gasteiger partial charge is 0.433 e. The van der Waals surface area contributed by atoms with Crippen LogP contribution in [-0.4, -0.2) is 40.2 Å². The van der Waals surface area contributed by atoms with Gasteiger partial charge in [0, 0.05) is 13.1 Å². The predicted molar refractivity (Wildman–Crippen MR) is 101 cm³/mol. The van der Waals surface area contributed by atoms with Gasteiger partial charge in [0.2, 0.25) is 5.82 Å². The molecule has 3 rings (SSSR count). The van der Waals surface area contributed by atoms with Crippen LogP contribution in [0.15, 0.2) is 43.2 Å². The zero-order valence-electron chi connectivity index (χ0n) is 15.4. The summed E-state index contributed by atoms with van der Waals surface area (Å²) in [4.78, 5) is 21.4. The van der Waals surface area contributed by atoms with Crippen LogP contribution in [0.5, 0.6) is 11.6 Å². The van der Waals surface area contributed by atoms with Gasteiger partial charge in [0.25, 0.3) is 0 Å². The van der Waals surface area contributed by atoms with Crippen molar-refractivity contribution < 1.29 is 14.4 Å². The zero-order chi connectivity index (χ0) is 19.4. The van der Waals surface area contributed by atoms with Gasteiger partial charge >= 0.3 is 11.6 Å². The molecule has 0 spiro atoms. The topological polar surface area (TPSA) is 90.6 Å². The van der Waals surface area contributed by atoms with E-state index in [-0.39, 0.29) is 29.6 Å². The van der Waals surface area contributed by atoms with Crippen molar-refractivity contribution >= 4 is 11.5 Å². The SMILES string of the molecule is C=CCc1ccccc1Oc1ncnc(N2CC(C)OC(C)C2)c1[N+](=O)[O-]. The highest BCUT2D eigenvalue weighted by Gasteiger charge is 2.32. The van der Waals surface area contributed by atoms with E-state index in [1.165, 1.54) is 6.33 Å². The Morgan fingerprint density at radius 2 is 2.04 bits per heavy atom. The lowest BCUT2D eigenvalue weighted by molar-refractivity contribution is -0.385. The normalized spacial score (nSPS) is 19.6. The third-order valence-corrected chi connectivity index (χ3v) is 4.21. The fourth-order valence-electron chi connectivity index (χ4n) is 3.20. The van der Waals surface area contributed by atoms with Crippen LogP contribution in [0.1, 0.15) is 19.4 Å². The summed E-state index contributed by atoms with van der Waals surface area (Å²) in [6.45, 7) is 8.61. The number of morpholine rings is 1. The van der Waals surface area contributed by atoms with Crippen LogP contribution in [-0.2, 0) is 11.2 Å². The highest BCUT2D eigenvalue weighted by molar-refractivity contribution is 5.64. The molecule has 0 aliphatic carbocycles. The minimum absolute atomic E-state index is 0.0546. The lowest BCUT2D eigenvalue weighted by atomic mass is 10.1. The summed E-state index contributed by atoms with van der Waals surface area (Å²) in [5, 5.41) is 11.8. The maximum Gasteiger partial charge on any atom is 0.373 e. The van der Waals surface area contributed by atoms with Crippen LogP contribution in [0.3, 0.4) is 0 Å². The Labute approximate surface area is 157 Å².